The van der Waals surface area contributed by atoms with E-state index in [9.17, 15) is 4.79 Å². The highest BCUT2D eigenvalue weighted by Gasteiger charge is 2.28. The molecule has 1 saturated carbocycles. The molecule has 1 aliphatic carbocycles. The lowest BCUT2D eigenvalue weighted by atomic mass is 9.84. The van der Waals surface area contributed by atoms with E-state index in [0.29, 0.717) is 16.2 Å². The van der Waals surface area contributed by atoms with Gasteiger partial charge in [-0.3, -0.25) is 9.78 Å². The van der Waals surface area contributed by atoms with E-state index in [1.807, 2.05) is 12.1 Å². The third-order valence-electron chi connectivity index (χ3n) is 4.13. The molecule has 1 aliphatic rings. The second kappa shape index (κ2) is 6.00. The van der Waals surface area contributed by atoms with Crippen LogP contribution in [0.4, 0.5) is 5.69 Å². The molecule has 110 valence electrons. The number of pyridine rings is 1. The highest BCUT2D eigenvalue weighted by atomic mass is 35.5. The van der Waals surface area contributed by atoms with Gasteiger partial charge in [0.25, 0.3) is 0 Å². The standard InChI is InChI=1S/C16H18ClN3O/c17-12-7-8-14(15-10(12)5-3-9-19-15)20-16(21)11-4-1-2-6-13(11)18/h3,5,7-9,11,13H,1-2,4,6,18H2,(H,20,21). The number of amides is 1. The molecular formula is C16H18ClN3O. The van der Waals surface area contributed by atoms with Crippen LogP contribution in [0.5, 0.6) is 0 Å². The van der Waals surface area contributed by atoms with Crippen molar-refractivity contribution in [2.75, 3.05) is 5.32 Å². The zero-order chi connectivity index (χ0) is 14.8. The van der Waals surface area contributed by atoms with Crippen LogP contribution in [0.1, 0.15) is 25.7 Å². The Kier molecular flexibility index (Phi) is 4.08. The number of nitrogens with zero attached hydrogens (tertiary/aromatic N) is 1. The Balaban J connectivity index is 1.88. The largest absolute Gasteiger partial charge is 0.327 e. The quantitative estimate of drug-likeness (QED) is 0.894. The number of nitrogens with one attached hydrogen (secondary N) is 1. The summed E-state index contributed by atoms with van der Waals surface area (Å²) < 4.78 is 0. The van der Waals surface area contributed by atoms with Crippen molar-refractivity contribution in [3.05, 3.63) is 35.5 Å². The van der Waals surface area contributed by atoms with Gasteiger partial charge in [-0.25, -0.2) is 0 Å². The molecule has 3 rings (SSSR count). The molecule has 1 heterocycles. The molecule has 1 fully saturated rings. The number of hydrogen-bond donors (Lipinski definition) is 2. The van der Waals surface area contributed by atoms with Crippen molar-refractivity contribution in [1.29, 1.82) is 0 Å². The van der Waals surface area contributed by atoms with Gasteiger partial charge in [0.15, 0.2) is 0 Å². The van der Waals surface area contributed by atoms with Gasteiger partial charge in [0.1, 0.15) is 0 Å². The van der Waals surface area contributed by atoms with Crippen LogP contribution in [0.2, 0.25) is 5.02 Å². The maximum atomic E-state index is 12.5. The normalized spacial score (nSPS) is 22.2. The van der Waals surface area contributed by atoms with Crippen molar-refractivity contribution in [2.24, 2.45) is 11.7 Å². The Bertz CT molecular complexity index is 674. The summed E-state index contributed by atoms with van der Waals surface area (Å²) in [7, 11) is 0. The lowest BCUT2D eigenvalue weighted by Gasteiger charge is -2.27. The zero-order valence-electron chi connectivity index (χ0n) is 11.7. The average Bonchev–Trinajstić information content (AvgIpc) is 2.51. The molecule has 0 aliphatic heterocycles. The van der Waals surface area contributed by atoms with Crippen LogP contribution >= 0.6 is 11.6 Å². The first-order valence-corrected chi connectivity index (χ1v) is 7.64. The summed E-state index contributed by atoms with van der Waals surface area (Å²) in [5.41, 5.74) is 7.48. The number of aromatic nitrogens is 1. The van der Waals surface area contributed by atoms with Crippen LogP contribution in [0.3, 0.4) is 0 Å². The molecule has 1 aromatic carbocycles. The predicted octanol–water partition coefficient (Wildman–Crippen LogP) is 3.34. The fourth-order valence-electron chi connectivity index (χ4n) is 2.95. The monoisotopic (exact) mass is 303 g/mol. The molecule has 0 spiro atoms. The molecule has 0 bridgehead atoms. The lowest BCUT2D eigenvalue weighted by Crippen LogP contribution is -2.40. The van der Waals surface area contributed by atoms with Gasteiger partial charge in [0.2, 0.25) is 5.91 Å². The fraction of sp³-hybridized carbons (Fsp3) is 0.375. The first-order chi connectivity index (χ1) is 10.2. The van der Waals surface area contributed by atoms with Crippen LogP contribution in [-0.4, -0.2) is 16.9 Å². The molecule has 0 saturated heterocycles. The van der Waals surface area contributed by atoms with Gasteiger partial charge >= 0.3 is 0 Å². The summed E-state index contributed by atoms with van der Waals surface area (Å²) >= 11 is 6.16. The SMILES string of the molecule is NC1CCCCC1C(=O)Nc1ccc(Cl)c2cccnc12. The van der Waals surface area contributed by atoms with E-state index in [1.54, 1.807) is 18.3 Å². The number of carbonyl (C=O) groups is 1. The molecule has 3 N–H and O–H groups in total. The van der Waals surface area contributed by atoms with E-state index in [1.165, 1.54) is 0 Å². The van der Waals surface area contributed by atoms with E-state index in [-0.39, 0.29) is 17.9 Å². The Labute approximate surface area is 128 Å². The minimum absolute atomic E-state index is 0.0172. The summed E-state index contributed by atoms with van der Waals surface area (Å²) in [6.45, 7) is 0. The number of carbonyl (C=O) groups excluding carboxylic acids is 1. The van der Waals surface area contributed by atoms with Gasteiger partial charge in [0, 0.05) is 17.6 Å². The minimum atomic E-state index is -0.117. The molecule has 1 amide bonds. The molecule has 21 heavy (non-hydrogen) atoms. The van der Waals surface area contributed by atoms with Crippen LogP contribution in [0.25, 0.3) is 10.9 Å². The van der Waals surface area contributed by atoms with Crippen LogP contribution in [-0.2, 0) is 4.79 Å². The number of nitrogens with two attached hydrogens (primary N) is 1. The van der Waals surface area contributed by atoms with E-state index in [0.717, 1.165) is 31.1 Å². The van der Waals surface area contributed by atoms with Gasteiger partial charge in [-0.05, 0) is 37.1 Å². The number of anilines is 1. The molecule has 0 radical (unpaired) electrons. The first-order valence-electron chi connectivity index (χ1n) is 7.26. The second-order valence-electron chi connectivity index (χ2n) is 5.54. The van der Waals surface area contributed by atoms with Crippen molar-refractivity contribution in [1.82, 2.24) is 4.98 Å². The molecule has 2 unspecified atom stereocenters. The number of rotatable bonds is 2. The molecule has 2 atom stereocenters. The summed E-state index contributed by atoms with van der Waals surface area (Å²) in [4.78, 5) is 16.8. The second-order valence-corrected chi connectivity index (χ2v) is 5.95. The average molecular weight is 304 g/mol. The van der Waals surface area contributed by atoms with E-state index < -0.39 is 0 Å². The first kappa shape index (κ1) is 14.3. The maximum absolute atomic E-state index is 12.5. The summed E-state index contributed by atoms with van der Waals surface area (Å²) in [6.07, 6.45) is 5.63. The number of halogens is 1. The van der Waals surface area contributed by atoms with Gasteiger partial charge in [-0.15, -0.1) is 0 Å². The molecule has 5 heteroatoms. The summed E-state index contributed by atoms with van der Waals surface area (Å²) in [5.74, 6) is -0.135. The number of fused-ring (bicyclic) bond motifs is 1. The van der Waals surface area contributed by atoms with Gasteiger partial charge < -0.3 is 11.1 Å². The Morgan fingerprint density at radius 3 is 2.90 bits per heavy atom. The Morgan fingerprint density at radius 1 is 1.29 bits per heavy atom. The van der Waals surface area contributed by atoms with E-state index in [4.69, 9.17) is 17.3 Å². The topological polar surface area (TPSA) is 68.0 Å². The zero-order valence-corrected chi connectivity index (χ0v) is 12.4. The van der Waals surface area contributed by atoms with Crippen LogP contribution in [0, 0.1) is 5.92 Å². The smallest absolute Gasteiger partial charge is 0.229 e. The predicted molar refractivity (Wildman–Crippen MR) is 85.3 cm³/mol. The molecule has 2 aromatic rings. The molecule has 1 aromatic heterocycles. The maximum Gasteiger partial charge on any atom is 0.229 e. The van der Waals surface area contributed by atoms with E-state index >= 15 is 0 Å². The third kappa shape index (κ3) is 2.87. The Morgan fingerprint density at radius 2 is 2.10 bits per heavy atom. The third-order valence-corrected chi connectivity index (χ3v) is 4.46. The lowest BCUT2D eigenvalue weighted by molar-refractivity contribution is -0.121. The highest BCUT2D eigenvalue weighted by molar-refractivity contribution is 6.35. The van der Waals surface area contributed by atoms with Crippen molar-refractivity contribution < 1.29 is 4.79 Å². The van der Waals surface area contributed by atoms with Gasteiger partial charge in [-0.1, -0.05) is 24.4 Å². The van der Waals surface area contributed by atoms with Crippen molar-refractivity contribution in [3.8, 4) is 0 Å². The Hall–Kier alpha value is -1.65. The summed E-state index contributed by atoms with van der Waals surface area (Å²) in [5, 5.41) is 4.44. The minimum Gasteiger partial charge on any atom is -0.327 e. The van der Waals surface area contributed by atoms with Crippen molar-refractivity contribution in [2.45, 2.75) is 31.7 Å². The number of hydrogen-bond acceptors (Lipinski definition) is 3. The van der Waals surface area contributed by atoms with Crippen LogP contribution < -0.4 is 11.1 Å². The molecule has 4 nitrogen and oxygen atoms in total. The fourth-order valence-corrected chi connectivity index (χ4v) is 3.16. The van der Waals surface area contributed by atoms with Gasteiger partial charge in [0.05, 0.1) is 22.1 Å². The molecular weight excluding hydrogens is 286 g/mol. The number of benzene rings is 1. The van der Waals surface area contributed by atoms with Gasteiger partial charge in [-0.2, -0.15) is 0 Å². The highest BCUT2D eigenvalue weighted by Crippen LogP contribution is 2.29. The van der Waals surface area contributed by atoms with E-state index in [2.05, 4.69) is 10.3 Å². The van der Waals surface area contributed by atoms with Crippen LogP contribution in [0.15, 0.2) is 30.5 Å². The summed E-state index contributed by atoms with van der Waals surface area (Å²) in [6, 6.07) is 7.25. The van der Waals surface area contributed by atoms with Crippen molar-refractivity contribution >= 4 is 34.1 Å². The van der Waals surface area contributed by atoms with Crippen molar-refractivity contribution in [3.63, 3.8) is 0 Å².